The number of nitrogens with zero attached hydrogens (tertiary/aromatic N) is 2. The van der Waals surface area contributed by atoms with Crippen LogP contribution in [0.3, 0.4) is 0 Å². The van der Waals surface area contributed by atoms with Gasteiger partial charge in [0.05, 0.1) is 22.8 Å². The molecule has 0 saturated heterocycles. The van der Waals surface area contributed by atoms with Gasteiger partial charge in [-0.2, -0.15) is 5.10 Å². The fourth-order valence-corrected chi connectivity index (χ4v) is 2.57. The molecule has 0 amide bonds. The third-order valence-electron chi connectivity index (χ3n) is 2.88. The molecular formula is C13H13BrClN3O. The summed E-state index contributed by atoms with van der Waals surface area (Å²) in [7, 11) is 1.77. The van der Waals surface area contributed by atoms with Crippen LogP contribution >= 0.6 is 27.5 Å². The van der Waals surface area contributed by atoms with Gasteiger partial charge in [0.1, 0.15) is 0 Å². The molecule has 0 aliphatic heterocycles. The van der Waals surface area contributed by atoms with E-state index in [9.17, 15) is 4.79 Å². The van der Waals surface area contributed by atoms with Gasteiger partial charge < -0.3 is 5.73 Å². The van der Waals surface area contributed by atoms with Crippen LogP contribution in [-0.4, -0.2) is 15.6 Å². The second-order valence-electron chi connectivity index (χ2n) is 4.31. The SMILES string of the molecule is Cc1nn(C)c(CC(=O)c2cc(N)ccc2Br)c1Cl. The number of nitrogens with two attached hydrogens (primary N) is 1. The number of nitrogen functional groups attached to an aromatic ring is 1. The topological polar surface area (TPSA) is 60.9 Å². The first kappa shape index (κ1) is 14.1. The first-order valence-electron chi connectivity index (χ1n) is 5.66. The summed E-state index contributed by atoms with van der Waals surface area (Å²) >= 11 is 9.50. The molecule has 2 N–H and O–H groups in total. The maximum Gasteiger partial charge on any atom is 0.170 e. The predicted octanol–water partition coefficient (Wildman–Crippen LogP) is 3.15. The number of aromatic nitrogens is 2. The zero-order valence-corrected chi connectivity index (χ0v) is 12.9. The molecule has 2 aromatic rings. The Balaban J connectivity index is 2.33. The van der Waals surface area contributed by atoms with Crippen molar-refractivity contribution in [2.75, 3.05) is 5.73 Å². The summed E-state index contributed by atoms with van der Waals surface area (Å²) in [6.45, 7) is 1.81. The van der Waals surface area contributed by atoms with E-state index in [0.717, 1.165) is 10.2 Å². The summed E-state index contributed by atoms with van der Waals surface area (Å²) < 4.78 is 2.36. The van der Waals surface area contributed by atoms with Crippen LogP contribution in [0.2, 0.25) is 5.02 Å². The fourth-order valence-electron chi connectivity index (χ4n) is 1.88. The molecule has 0 bridgehead atoms. The Hall–Kier alpha value is -1.33. The second kappa shape index (κ2) is 5.35. The van der Waals surface area contributed by atoms with Crippen molar-refractivity contribution in [3.8, 4) is 0 Å². The van der Waals surface area contributed by atoms with Crippen molar-refractivity contribution in [3.05, 3.63) is 44.6 Å². The summed E-state index contributed by atoms with van der Waals surface area (Å²) in [6.07, 6.45) is 0.193. The maximum atomic E-state index is 12.3. The highest BCUT2D eigenvalue weighted by Gasteiger charge is 2.17. The van der Waals surface area contributed by atoms with Crippen molar-refractivity contribution in [3.63, 3.8) is 0 Å². The highest BCUT2D eigenvalue weighted by molar-refractivity contribution is 9.10. The van der Waals surface area contributed by atoms with Gasteiger partial charge in [0.15, 0.2) is 5.78 Å². The number of hydrogen-bond acceptors (Lipinski definition) is 3. The molecule has 4 nitrogen and oxygen atoms in total. The van der Waals surface area contributed by atoms with E-state index in [1.165, 1.54) is 0 Å². The van der Waals surface area contributed by atoms with Gasteiger partial charge in [0.2, 0.25) is 0 Å². The molecule has 0 unspecified atom stereocenters. The molecule has 0 saturated carbocycles. The molecule has 100 valence electrons. The third kappa shape index (κ3) is 2.82. The van der Waals surface area contributed by atoms with Crippen molar-refractivity contribution in [2.45, 2.75) is 13.3 Å². The summed E-state index contributed by atoms with van der Waals surface area (Å²) in [6, 6.07) is 5.16. The standard InChI is InChI=1S/C13H13BrClN3O/c1-7-13(15)11(18(2)17-7)6-12(19)9-5-8(16)3-4-10(9)14/h3-5H,6,16H2,1-2H3. The zero-order valence-electron chi connectivity index (χ0n) is 10.6. The van der Waals surface area contributed by atoms with E-state index in [1.807, 2.05) is 6.92 Å². The quantitative estimate of drug-likeness (QED) is 0.688. The maximum absolute atomic E-state index is 12.3. The number of rotatable bonds is 3. The third-order valence-corrected chi connectivity index (χ3v) is 4.06. The van der Waals surface area contributed by atoms with Gasteiger partial charge in [0.25, 0.3) is 0 Å². The van der Waals surface area contributed by atoms with E-state index in [-0.39, 0.29) is 12.2 Å². The number of anilines is 1. The number of ketones is 1. The highest BCUT2D eigenvalue weighted by atomic mass is 79.9. The number of carbonyl (C=O) groups excluding carboxylic acids is 1. The van der Waals surface area contributed by atoms with E-state index in [0.29, 0.717) is 22.0 Å². The lowest BCUT2D eigenvalue weighted by molar-refractivity contribution is 0.0990. The van der Waals surface area contributed by atoms with E-state index in [1.54, 1.807) is 29.9 Å². The van der Waals surface area contributed by atoms with Crippen LogP contribution in [0, 0.1) is 6.92 Å². The number of halogens is 2. The molecule has 1 aromatic heterocycles. The van der Waals surface area contributed by atoms with Gasteiger partial charge in [-0.1, -0.05) is 27.5 Å². The molecule has 0 atom stereocenters. The van der Waals surface area contributed by atoms with Crippen LogP contribution in [0.4, 0.5) is 5.69 Å². The summed E-state index contributed by atoms with van der Waals surface area (Å²) in [5, 5.41) is 4.73. The fraction of sp³-hybridized carbons (Fsp3) is 0.231. The zero-order chi connectivity index (χ0) is 14.2. The average molecular weight is 343 g/mol. The molecule has 19 heavy (non-hydrogen) atoms. The largest absolute Gasteiger partial charge is 0.399 e. The van der Waals surface area contributed by atoms with Gasteiger partial charge in [0, 0.05) is 22.8 Å². The molecule has 0 radical (unpaired) electrons. The summed E-state index contributed by atoms with van der Waals surface area (Å²) in [5.41, 5.74) is 8.24. The molecular weight excluding hydrogens is 330 g/mol. The van der Waals surface area contributed by atoms with Gasteiger partial charge in [-0.3, -0.25) is 9.48 Å². The smallest absolute Gasteiger partial charge is 0.170 e. The molecule has 1 aromatic carbocycles. The first-order valence-corrected chi connectivity index (χ1v) is 6.83. The Kier molecular flexibility index (Phi) is 3.96. The lowest BCUT2D eigenvalue weighted by Gasteiger charge is -2.06. The Morgan fingerprint density at radius 1 is 1.53 bits per heavy atom. The number of carbonyl (C=O) groups is 1. The lowest BCUT2D eigenvalue weighted by Crippen LogP contribution is -2.09. The predicted molar refractivity (Wildman–Crippen MR) is 79.5 cm³/mol. The molecule has 0 spiro atoms. The minimum Gasteiger partial charge on any atom is -0.399 e. The van der Waals surface area contributed by atoms with Crippen molar-refractivity contribution in [1.29, 1.82) is 0 Å². The van der Waals surface area contributed by atoms with Crippen LogP contribution < -0.4 is 5.73 Å². The van der Waals surface area contributed by atoms with Crippen molar-refractivity contribution in [1.82, 2.24) is 9.78 Å². The Bertz CT molecular complexity index is 652. The van der Waals surface area contributed by atoms with E-state index in [2.05, 4.69) is 21.0 Å². The minimum atomic E-state index is -0.0518. The summed E-state index contributed by atoms with van der Waals surface area (Å²) in [5.74, 6) is -0.0518. The highest BCUT2D eigenvalue weighted by Crippen LogP contribution is 2.24. The minimum absolute atomic E-state index is 0.0518. The van der Waals surface area contributed by atoms with Crippen molar-refractivity contribution < 1.29 is 4.79 Å². The lowest BCUT2D eigenvalue weighted by atomic mass is 10.1. The van der Waals surface area contributed by atoms with E-state index < -0.39 is 0 Å². The van der Waals surface area contributed by atoms with E-state index in [4.69, 9.17) is 17.3 Å². The Morgan fingerprint density at radius 3 is 2.79 bits per heavy atom. The number of Topliss-reactive ketones (excluding diaryl/α,β-unsaturated/α-hetero) is 1. The monoisotopic (exact) mass is 341 g/mol. The van der Waals surface area contributed by atoms with Gasteiger partial charge in [-0.25, -0.2) is 0 Å². The molecule has 2 rings (SSSR count). The van der Waals surface area contributed by atoms with Gasteiger partial charge in [-0.05, 0) is 25.1 Å². The molecule has 1 heterocycles. The number of benzene rings is 1. The number of hydrogen-bond donors (Lipinski definition) is 1. The van der Waals surface area contributed by atoms with E-state index >= 15 is 0 Å². The first-order chi connectivity index (χ1) is 8.90. The molecule has 0 fully saturated rings. The Morgan fingerprint density at radius 2 is 2.21 bits per heavy atom. The van der Waals surface area contributed by atoms with Gasteiger partial charge >= 0.3 is 0 Å². The van der Waals surface area contributed by atoms with Crippen LogP contribution in [0.15, 0.2) is 22.7 Å². The average Bonchev–Trinajstić information content (AvgIpc) is 2.59. The van der Waals surface area contributed by atoms with Crippen LogP contribution in [0.25, 0.3) is 0 Å². The molecule has 6 heteroatoms. The molecule has 0 aliphatic rings. The van der Waals surface area contributed by atoms with Crippen molar-refractivity contribution in [2.24, 2.45) is 7.05 Å². The number of aryl methyl sites for hydroxylation is 2. The normalized spacial score (nSPS) is 10.7. The molecule has 0 aliphatic carbocycles. The summed E-state index contributed by atoms with van der Waals surface area (Å²) in [4.78, 5) is 12.3. The second-order valence-corrected chi connectivity index (χ2v) is 5.54. The Labute approximate surface area is 124 Å². The van der Waals surface area contributed by atoms with Crippen molar-refractivity contribution >= 4 is 39.0 Å². The van der Waals surface area contributed by atoms with Crippen LogP contribution in [0.5, 0.6) is 0 Å². The van der Waals surface area contributed by atoms with Crippen LogP contribution in [0.1, 0.15) is 21.7 Å². The van der Waals surface area contributed by atoms with Gasteiger partial charge in [-0.15, -0.1) is 0 Å². The van der Waals surface area contributed by atoms with Crippen LogP contribution in [-0.2, 0) is 13.5 Å².